The fourth-order valence-corrected chi connectivity index (χ4v) is 2.99. The van der Waals surface area contributed by atoms with Crippen LogP contribution in [0.2, 0.25) is 0 Å². The summed E-state index contributed by atoms with van der Waals surface area (Å²) in [5.74, 6) is 1.76. The smallest absolute Gasteiger partial charge is 0.241 e. The van der Waals surface area contributed by atoms with Crippen LogP contribution in [0, 0.1) is 16.7 Å². The SMILES string of the molecule is CC1(C)C(CNc2nc(N)nc(-n3ccnc3)n2)C1(C)C. The van der Waals surface area contributed by atoms with Gasteiger partial charge in [0, 0.05) is 18.9 Å². The van der Waals surface area contributed by atoms with Gasteiger partial charge in [-0.05, 0) is 16.7 Å². The van der Waals surface area contributed by atoms with Gasteiger partial charge in [-0.3, -0.25) is 4.57 Å². The van der Waals surface area contributed by atoms with E-state index < -0.39 is 0 Å². The van der Waals surface area contributed by atoms with Crippen LogP contribution < -0.4 is 11.1 Å². The lowest BCUT2D eigenvalue weighted by atomic mass is 10.0. The summed E-state index contributed by atoms with van der Waals surface area (Å²) >= 11 is 0. The van der Waals surface area contributed by atoms with Gasteiger partial charge in [-0.15, -0.1) is 0 Å². The number of nitrogen functional groups attached to an aromatic ring is 1. The van der Waals surface area contributed by atoms with E-state index in [0.717, 1.165) is 6.54 Å². The number of nitrogens with one attached hydrogen (secondary N) is 1. The molecule has 0 bridgehead atoms. The molecule has 2 aromatic rings. The molecule has 7 heteroatoms. The summed E-state index contributed by atoms with van der Waals surface area (Å²) in [6.45, 7) is 9.99. The Hall–Kier alpha value is -2.18. The summed E-state index contributed by atoms with van der Waals surface area (Å²) in [5, 5.41) is 3.29. The highest BCUT2D eigenvalue weighted by Gasteiger charge is 2.64. The Balaban J connectivity index is 1.75. The minimum absolute atomic E-state index is 0.200. The Labute approximate surface area is 124 Å². The molecule has 0 amide bonds. The maximum absolute atomic E-state index is 5.76. The van der Waals surface area contributed by atoms with Crippen LogP contribution in [0.25, 0.3) is 5.95 Å². The van der Waals surface area contributed by atoms with Crippen LogP contribution in [0.4, 0.5) is 11.9 Å². The van der Waals surface area contributed by atoms with E-state index >= 15 is 0 Å². The summed E-state index contributed by atoms with van der Waals surface area (Å²) in [7, 11) is 0. The van der Waals surface area contributed by atoms with Crippen molar-refractivity contribution in [2.45, 2.75) is 27.7 Å². The average molecular weight is 287 g/mol. The molecule has 1 saturated carbocycles. The molecule has 0 unspecified atom stereocenters. The normalized spacial score (nSPS) is 19.4. The summed E-state index contributed by atoms with van der Waals surface area (Å²) < 4.78 is 1.70. The van der Waals surface area contributed by atoms with E-state index in [1.54, 1.807) is 23.3 Å². The lowest BCUT2D eigenvalue weighted by molar-refractivity contribution is 0.457. The highest BCUT2D eigenvalue weighted by Crippen LogP contribution is 2.68. The molecule has 21 heavy (non-hydrogen) atoms. The van der Waals surface area contributed by atoms with Gasteiger partial charge in [0.2, 0.25) is 17.8 Å². The van der Waals surface area contributed by atoms with Gasteiger partial charge in [-0.1, -0.05) is 27.7 Å². The van der Waals surface area contributed by atoms with E-state index in [9.17, 15) is 0 Å². The van der Waals surface area contributed by atoms with Crippen molar-refractivity contribution in [1.82, 2.24) is 24.5 Å². The molecule has 3 rings (SSSR count). The number of nitrogens with two attached hydrogens (primary N) is 1. The van der Waals surface area contributed by atoms with E-state index in [0.29, 0.717) is 28.6 Å². The van der Waals surface area contributed by atoms with Crippen molar-refractivity contribution in [3.8, 4) is 5.95 Å². The Morgan fingerprint density at radius 2 is 1.90 bits per heavy atom. The Morgan fingerprint density at radius 1 is 1.19 bits per heavy atom. The molecule has 0 aromatic carbocycles. The van der Waals surface area contributed by atoms with Crippen LogP contribution in [-0.4, -0.2) is 31.0 Å². The zero-order valence-corrected chi connectivity index (χ0v) is 12.8. The molecule has 2 heterocycles. The number of aromatic nitrogens is 5. The van der Waals surface area contributed by atoms with Crippen LogP contribution in [0.5, 0.6) is 0 Å². The topological polar surface area (TPSA) is 94.5 Å². The largest absolute Gasteiger partial charge is 0.368 e. The number of rotatable bonds is 4. The number of hydrogen-bond donors (Lipinski definition) is 2. The average Bonchev–Trinajstić information content (AvgIpc) is 2.80. The maximum atomic E-state index is 5.76. The first-order valence-electron chi connectivity index (χ1n) is 7.06. The Bertz CT molecular complexity index is 631. The number of hydrogen-bond acceptors (Lipinski definition) is 6. The van der Waals surface area contributed by atoms with E-state index in [1.807, 2.05) is 0 Å². The standard InChI is InChI=1S/C14H21N7/c1-13(2)9(14(13,3)4)7-17-11-18-10(15)19-12(20-11)21-6-5-16-8-21/h5-6,8-9H,7H2,1-4H3,(H3,15,17,18,19,20). The van der Waals surface area contributed by atoms with Gasteiger partial charge in [0.25, 0.3) is 0 Å². The lowest BCUT2D eigenvalue weighted by Gasteiger charge is -2.08. The molecule has 0 saturated heterocycles. The van der Waals surface area contributed by atoms with Crippen molar-refractivity contribution >= 4 is 11.9 Å². The molecule has 112 valence electrons. The zero-order valence-electron chi connectivity index (χ0n) is 12.8. The highest BCUT2D eigenvalue weighted by molar-refractivity contribution is 5.36. The third-order valence-electron chi connectivity index (χ3n) is 5.16. The van der Waals surface area contributed by atoms with Gasteiger partial charge in [0.1, 0.15) is 6.33 Å². The van der Waals surface area contributed by atoms with Gasteiger partial charge in [-0.2, -0.15) is 15.0 Å². The van der Waals surface area contributed by atoms with Crippen molar-refractivity contribution in [3.05, 3.63) is 18.7 Å². The first-order chi connectivity index (χ1) is 9.82. The number of nitrogens with zero attached hydrogens (tertiary/aromatic N) is 5. The molecule has 1 fully saturated rings. The van der Waals surface area contributed by atoms with Crippen LogP contribution in [0.15, 0.2) is 18.7 Å². The van der Waals surface area contributed by atoms with E-state index in [2.05, 4.69) is 52.9 Å². The first-order valence-corrected chi connectivity index (χ1v) is 7.06. The molecular weight excluding hydrogens is 266 g/mol. The van der Waals surface area contributed by atoms with Crippen LogP contribution in [-0.2, 0) is 0 Å². The van der Waals surface area contributed by atoms with Crippen LogP contribution >= 0.6 is 0 Å². The third-order valence-corrected chi connectivity index (χ3v) is 5.16. The van der Waals surface area contributed by atoms with Crippen molar-refractivity contribution in [2.75, 3.05) is 17.6 Å². The maximum Gasteiger partial charge on any atom is 0.241 e. The van der Waals surface area contributed by atoms with Crippen LogP contribution in [0.1, 0.15) is 27.7 Å². The monoisotopic (exact) mass is 287 g/mol. The first kappa shape index (κ1) is 13.8. The van der Waals surface area contributed by atoms with Gasteiger partial charge in [0.05, 0.1) is 0 Å². The minimum Gasteiger partial charge on any atom is -0.368 e. The van der Waals surface area contributed by atoms with Crippen LogP contribution in [0.3, 0.4) is 0 Å². The Morgan fingerprint density at radius 3 is 2.48 bits per heavy atom. The van der Waals surface area contributed by atoms with Crippen molar-refractivity contribution < 1.29 is 0 Å². The number of anilines is 2. The lowest BCUT2D eigenvalue weighted by Crippen LogP contribution is -2.14. The molecule has 0 radical (unpaired) electrons. The molecule has 1 aliphatic carbocycles. The summed E-state index contributed by atoms with van der Waals surface area (Å²) in [4.78, 5) is 16.6. The fourth-order valence-electron chi connectivity index (χ4n) is 2.99. The second kappa shape index (κ2) is 4.41. The molecule has 1 aliphatic rings. The zero-order chi connectivity index (χ0) is 15.3. The molecule has 2 aromatic heterocycles. The second-order valence-electron chi connectivity index (χ2n) is 6.66. The summed E-state index contributed by atoms with van der Waals surface area (Å²) in [6.07, 6.45) is 5.07. The predicted molar refractivity (Wildman–Crippen MR) is 80.9 cm³/mol. The highest BCUT2D eigenvalue weighted by atomic mass is 15.3. The van der Waals surface area contributed by atoms with Gasteiger partial charge < -0.3 is 11.1 Å². The van der Waals surface area contributed by atoms with Gasteiger partial charge >= 0.3 is 0 Å². The van der Waals surface area contributed by atoms with Crippen molar-refractivity contribution in [2.24, 2.45) is 16.7 Å². The van der Waals surface area contributed by atoms with Gasteiger partial charge in [0.15, 0.2) is 0 Å². The predicted octanol–water partition coefficient (Wildman–Crippen LogP) is 1.73. The molecule has 0 atom stereocenters. The summed E-state index contributed by atoms with van der Waals surface area (Å²) in [6, 6.07) is 0. The summed E-state index contributed by atoms with van der Waals surface area (Å²) in [5.41, 5.74) is 6.41. The van der Waals surface area contributed by atoms with Crippen molar-refractivity contribution in [1.29, 1.82) is 0 Å². The van der Waals surface area contributed by atoms with Gasteiger partial charge in [-0.25, -0.2) is 4.98 Å². The minimum atomic E-state index is 0.200. The van der Waals surface area contributed by atoms with E-state index in [-0.39, 0.29) is 5.95 Å². The van der Waals surface area contributed by atoms with E-state index in [4.69, 9.17) is 5.73 Å². The third kappa shape index (κ3) is 2.22. The molecule has 0 aliphatic heterocycles. The second-order valence-corrected chi connectivity index (χ2v) is 6.66. The molecule has 7 nitrogen and oxygen atoms in total. The molecule has 0 spiro atoms. The Kier molecular flexibility index (Phi) is 2.89. The fraction of sp³-hybridized carbons (Fsp3) is 0.571. The molecule has 3 N–H and O–H groups in total. The molecular formula is C14H21N7. The van der Waals surface area contributed by atoms with E-state index in [1.165, 1.54) is 0 Å². The van der Waals surface area contributed by atoms with Crippen molar-refractivity contribution in [3.63, 3.8) is 0 Å². The quantitative estimate of drug-likeness (QED) is 0.889. The number of imidazole rings is 1.